The minimum absolute atomic E-state index is 0.0178. The van der Waals surface area contributed by atoms with Crippen LogP contribution in [0.2, 0.25) is 0 Å². The molecule has 0 aliphatic rings. The van der Waals surface area contributed by atoms with Crippen LogP contribution in [0.15, 0.2) is 24.3 Å². The zero-order chi connectivity index (χ0) is 12.2. The van der Waals surface area contributed by atoms with Crippen molar-refractivity contribution in [1.29, 1.82) is 0 Å². The van der Waals surface area contributed by atoms with Crippen molar-refractivity contribution >= 4 is 0 Å². The lowest BCUT2D eigenvalue weighted by Crippen LogP contribution is -2.40. The van der Waals surface area contributed by atoms with E-state index in [1.54, 1.807) is 0 Å². The van der Waals surface area contributed by atoms with Crippen LogP contribution in [-0.2, 0) is 6.42 Å². The zero-order valence-electron chi connectivity index (χ0n) is 10.7. The van der Waals surface area contributed by atoms with Gasteiger partial charge in [0, 0.05) is 18.5 Å². The number of rotatable bonds is 4. The number of halogens is 1. The van der Waals surface area contributed by atoms with Gasteiger partial charge in [0.05, 0.1) is 0 Å². The summed E-state index contributed by atoms with van der Waals surface area (Å²) >= 11 is 0. The Balaban J connectivity index is 2.46. The Morgan fingerprint density at radius 2 is 1.88 bits per heavy atom. The first-order valence-electron chi connectivity index (χ1n) is 5.82. The number of nitrogens with one attached hydrogen (secondary N) is 1. The van der Waals surface area contributed by atoms with Crippen LogP contribution in [-0.4, -0.2) is 18.3 Å². The molecule has 1 aromatic carbocycles. The predicted octanol–water partition coefficient (Wildman–Crippen LogP) is 3.26. The van der Waals surface area contributed by atoms with Crippen molar-refractivity contribution in [3.05, 3.63) is 35.4 Å². The first-order chi connectivity index (χ1) is 7.38. The monoisotopic (exact) mass is 223 g/mol. The molecule has 0 radical (unpaired) electrons. The summed E-state index contributed by atoms with van der Waals surface area (Å²) in [5.41, 5.74) is 2.25. The maximum absolute atomic E-state index is 13.7. The van der Waals surface area contributed by atoms with Crippen LogP contribution >= 0.6 is 0 Å². The van der Waals surface area contributed by atoms with Gasteiger partial charge in [-0.2, -0.15) is 0 Å². The summed E-state index contributed by atoms with van der Waals surface area (Å²) < 4.78 is 13.7. The fourth-order valence-electron chi connectivity index (χ4n) is 1.57. The summed E-state index contributed by atoms with van der Waals surface area (Å²) in [6, 6.07) is 7.98. The number of aryl methyl sites for hydroxylation is 1. The first-order valence-corrected chi connectivity index (χ1v) is 5.82. The van der Waals surface area contributed by atoms with Gasteiger partial charge >= 0.3 is 0 Å². The second kappa shape index (κ2) is 5.44. The molecule has 2 heteroatoms. The minimum atomic E-state index is -0.819. The highest BCUT2D eigenvalue weighted by atomic mass is 19.1. The van der Waals surface area contributed by atoms with Crippen LogP contribution in [0.5, 0.6) is 0 Å². The van der Waals surface area contributed by atoms with Crippen LogP contribution in [0, 0.1) is 6.92 Å². The van der Waals surface area contributed by atoms with Gasteiger partial charge in [-0.05, 0) is 38.8 Å². The van der Waals surface area contributed by atoms with Gasteiger partial charge in [0.2, 0.25) is 0 Å². The van der Waals surface area contributed by atoms with Crippen molar-refractivity contribution in [3.63, 3.8) is 0 Å². The van der Waals surface area contributed by atoms with E-state index in [0.29, 0.717) is 13.0 Å². The van der Waals surface area contributed by atoms with E-state index >= 15 is 0 Å². The predicted molar refractivity (Wildman–Crippen MR) is 67.5 cm³/mol. The van der Waals surface area contributed by atoms with E-state index in [1.165, 1.54) is 5.56 Å². The Kier molecular flexibility index (Phi) is 4.48. The largest absolute Gasteiger partial charge is 0.309 e. The highest BCUT2D eigenvalue weighted by Gasteiger charge is 2.14. The molecule has 1 N–H and O–H groups in total. The summed E-state index contributed by atoms with van der Waals surface area (Å²) in [6.45, 7) is 8.59. The summed E-state index contributed by atoms with van der Waals surface area (Å²) in [5, 5.41) is 3.19. The van der Waals surface area contributed by atoms with Crippen molar-refractivity contribution in [2.45, 2.75) is 45.8 Å². The smallest absolute Gasteiger partial charge is 0.117 e. The zero-order valence-corrected chi connectivity index (χ0v) is 10.7. The molecule has 1 nitrogen and oxygen atoms in total. The van der Waals surface area contributed by atoms with Crippen molar-refractivity contribution in [1.82, 2.24) is 5.32 Å². The van der Waals surface area contributed by atoms with E-state index in [9.17, 15) is 4.39 Å². The van der Waals surface area contributed by atoms with Crippen molar-refractivity contribution in [3.8, 4) is 0 Å². The van der Waals surface area contributed by atoms with Crippen LogP contribution in [0.3, 0.4) is 0 Å². The average Bonchev–Trinajstić information content (AvgIpc) is 2.18. The van der Waals surface area contributed by atoms with Crippen molar-refractivity contribution < 1.29 is 4.39 Å². The summed E-state index contributed by atoms with van der Waals surface area (Å²) in [4.78, 5) is 0. The van der Waals surface area contributed by atoms with E-state index in [4.69, 9.17) is 0 Å². The summed E-state index contributed by atoms with van der Waals surface area (Å²) in [7, 11) is 0. The highest BCUT2D eigenvalue weighted by Crippen LogP contribution is 2.11. The van der Waals surface area contributed by atoms with Gasteiger partial charge in [-0.15, -0.1) is 0 Å². The lowest BCUT2D eigenvalue weighted by atomic mass is 10.0. The van der Waals surface area contributed by atoms with E-state index in [2.05, 4.69) is 5.32 Å². The lowest BCUT2D eigenvalue weighted by molar-refractivity contribution is 0.284. The minimum Gasteiger partial charge on any atom is -0.309 e. The van der Waals surface area contributed by atoms with Gasteiger partial charge in [-0.3, -0.25) is 0 Å². The van der Waals surface area contributed by atoms with Gasteiger partial charge < -0.3 is 5.32 Å². The van der Waals surface area contributed by atoms with Gasteiger partial charge in [0.15, 0.2) is 0 Å². The van der Waals surface area contributed by atoms with Crippen LogP contribution < -0.4 is 5.32 Å². The molecule has 0 aliphatic carbocycles. The van der Waals surface area contributed by atoms with Crippen LogP contribution in [0.25, 0.3) is 0 Å². The lowest BCUT2D eigenvalue weighted by Gasteiger charge is -2.22. The molecule has 0 bridgehead atoms. The van der Waals surface area contributed by atoms with E-state index in [-0.39, 0.29) is 5.54 Å². The molecule has 0 aromatic heterocycles. The quantitative estimate of drug-likeness (QED) is 0.826. The van der Waals surface area contributed by atoms with E-state index < -0.39 is 6.17 Å². The van der Waals surface area contributed by atoms with E-state index in [1.807, 2.05) is 52.0 Å². The number of hydrogen-bond donors (Lipinski definition) is 1. The molecular weight excluding hydrogens is 201 g/mol. The molecule has 0 spiro atoms. The molecule has 0 aliphatic heterocycles. The maximum Gasteiger partial charge on any atom is 0.117 e. The normalized spacial score (nSPS) is 13.8. The number of hydrogen-bond acceptors (Lipinski definition) is 1. The molecule has 0 heterocycles. The molecule has 0 saturated heterocycles. The molecule has 0 fully saturated rings. The summed E-state index contributed by atoms with van der Waals surface area (Å²) in [5.74, 6) is 0. The Labute approximate surface area is 98.1 Å². The topological polar surface area (TPSA) is 12.0 Å². The molecule has 1 atom stereocenters. The second-order valence-corrected chi connectivity index (χ2v) is 5.36. The van der Waals surface area contributed by atoms with Crippen molar-refractivity contribution in [2.24, 2.45) is 0 Å². The first kappa shape index (κ1) is 13.2. The average molecular weight is 223 g/mol. The molecule has 1 rings (SSSR count). The molecule has 1 aromatic rings. The number of benzene rings is 1. The fourth-order valence-corrected chi connectivity index (χ4v) is 1.57. The molecule has 0 saturated carbocycles. The third-order valence-corrected chi connectivity index (χ3v) is 2.56. The molecule has 90 valence electrons. The maximum atomic E-state index is 13.7. The second-order valence-electron chi connectivity index (χ2n) is 5.36. The molecule has 0 amide bonds. The Morgan fingerprint density at radius 1 is 1.25 bits per heavy atom. The fraction of sp³-hybridized carbons (Fsp3) is 0.571. The number of alkyl halides is 1. The Hall–Kier alpha value is -0.890. The van der Waals surface area contributed by atoms with Crippen LogP contribution in [0.4, 0.5) is 4.39 Å². The van der Waals surface area contributed by atoms with Crippen LogP contribution in [0.1, 0.15) is 31.9 Å². The van der Waals surface area contributed by atoms with E-state index in [0.717, 1.165) is 5.56 Å². The third kappa shape index (κ3) is 4.75. The third-order valence-electron chi connectivity index (χ3n) is 2.56. The summed E-state index contributed by atoms with van der Waals surface area (Å²) in [6.07, 6.45) is -0.323. The SMILES string of the molecule is Cc1ccccc1CC(F)CNC(C)(C)C. The van der Waals surface area contributed by atoms with Crippen molar-refractivity contribution in [2.75, 3.05) is 6.54 Å². The molecule has 1 unspecified atom stereocenters. The van der Waals surface area contributed by atoms with Gasteiger partial charge in [0.25, 0.3) is 0 Å². The van der Waals surface area contributed by atoms with Gasteiger partial charge in [-0.1, -0.05) is 24.3 Å². The Morgan fingerprint density at radius 3 is 2.44 bits per heavy atom. The van der Waals surface area contributed by atoms with Gasteiger partial charge in [-0.25, -0.2) is 4.39 Å². The van der Waals surface area contributed by atoms with Gasteiger partial charge in [0.1, 0.15) is 6.17 Å². The molecule has 16 heavy (non-hydrogen) atoms. The standard InChI is InChI=1S/C14H22FN/c1-11-7-5-6-8-12(11)9-13(15)10-16-14(2,3)4/h5-8,13,16H,9-10H2,1-4H3. The molecular formula is C14H22FN. The highest BCUT2D eigenvalue weighted by molar-refractivity contribution is 5.26. The Bertz CT molecular complexity index is 328.